The van der Waals surface area contributed by atoms with Gasteiger partial charge in [0, 0.05) is 63.4 Å². The van der Waals surface area contributed by atoms with Crippen LogP contribution in [0.3, 0.4) is 0 Å². The third-order valence-electron chi connectivity index (χ3n) is 6.70. The van der Waals surface area contributed by atoms with Crippen LogP contribution in [0.5, 0.6) is 0 Å². The van der Waals surface area contributed by atoms with Crippen LogP contribution in [-0.2, 0) is 22.6 Å². The van der Waals surface area contributed by atoms with E-state index in [1.165, 1.54) is 16.7 Å². The van der Waals surface area contributed by atoms with E-state index in [-0.39, 0.29) is 11.8 Å². The third kappa shape index (κ3) is 4.41. The number of carbonyl (C=O) groups excluding carboxylic acids is 1. The van der Waals surface area contributed by atoms with Gasteiger partial charge in [-0.1, -0.05) is 41.5 Å². The standard InChI is InChI=1S/C27H30N4O2/c1-20-11-21(2)13-23(12-20)16-30-18-25(24-6-4-8-29-15-24)27(19-30)26(32)31(9-10-33-27)17-22-5-3-7-28-14-22/h3-8,11-15,25H,9-10,16-19H2,1-2H3. The van der Waals surface area contributed by atoms with Gasteiger partial charge in [0.25, 0.3) is 5.91 Å². The summed E-state index contributed by atoms with van der Waals surface area (Å²) in [6.45, 7) is 8.05. The Morgan fingerprint density at radius 3 is 2.45 bits per heavy atom. The number of morpholine rings is 1. The van der Waals surface area contributed by atoms with Gasteiger partial charge in [0.15, 0.2) is 5.60 Å². The summed E-state index contributed by atoms with van der Waals surface area (Å²) < 4.78 is 6.41. The van der Waals surface area contributed by atoms with Gasteiger partial charge < -0.3 is 9.64 Å². The van der Waals surface area contributed by atoms with Crippen LogP contribution in [-0.4, -0.2) is 57.5 Å². The van der Waals surface area contributed by atoms with Crippen LogP contribution in [0.15, 0.2) is 67.3 Å². The van der Waals surface area contributed by atoms with Gasteiger partial charge in [-0.25, -0.2) is 0 Å². The van der Waals surface area contributed by atoms with Gasteiger partial charge in [-0.05, 0) is 42.7 Å². The summed E-state index contributed by atoms with van der Waals surface area (Å²) in [4.78, 5) is 26.8. The van der Waals surface area contributed by atoms with Crippen molar-refractivity contribution in [2.75, 3.05) is 26.2 Å². The van der Waals surface area contributed by atoms with Gasteiger partial charge in [-0.2, -0.15) is 0 Å². The van der Waals surface area contributed by atoms with Crippen molar-refractivity contribution in [3.8, 4) is 0 Å². The molecule has 1 spiro atoms. The summed E-state index contributed by atoms with van der Waals surface area (Å²) in [6, 6.07) is 14.6. The summed E-state index contributed by atoms with van der Waals surface area (Å²) >= 11 is 0. The number of ether oxygens (including phenoxy) is 1. The van der Waals surface area contributed by atoms with E-state index < -0.39 is 5.60 Å². The quantitative estimate of drug-likeness (QED) is 0.605. The van der Waals surface area contributed by atoms with E-state index in [4.69, 9.17) is 4.74 Å². The molecular formula is C27H30N4O2. The Kier molecular flexibility index (Phi) is 5.96. The van der Waals surface area contributed by atoms with Crippen LogP contribution in [0.1, 0.15) is 33.7 Å². The maximum absolute atomic E-state index is 14.0. The van der Waals surface area contributed by atoms with Crippen LogP contribution >= 0.6 is 0 Å². The van der Waals surface area contributed by atoms with Crippen molar-refractivity contribution in [3.63, 3.8) is 0 Å². The molecule has 2 aromatic heterocycles. The second kappa shape index (κ2) is 9.04. The van der Waals surface area contributed by atoms with Gasteiger partial charge in [-0.15, -0.1) is 0 Å². The molecule has 5 rings (SSSR count). The minimum Gasteiger partial charge on any atom is -0.361 e. The van der Waals surface area contributed by atoms with Crippen LogP contribution < -0.4 is 0 Å². The Morgan fingerprint density at radius 2 is 1.76 bits per heavy atom. The molecule has 2 aliphatic heterocycles. The lowest BCUT2D eigenvalue weighted by atomic mass is 9.83. The summed E-state index contributed by atoms with van der Waals surface area (Å²) in [5.41, 5.74) is 4.97. The van der Waals surface area contributed by atoms with Gasteiger partial charge in [0.05, 0.1) is 6.61 Å². The van der Waals surface area contributed by atoms with Crippen molar-refractivity contribution >= 4 is 5.91 Å². The molecule has 0 radical (unpaired) electrons. The number of rotatable bonds is 5. The molecule has 0 N–H and O–H groups in total. The number of hydrogen-bond donors (Lipinski definition) is 0. The second-order valence-corrected chi connectivity index (χ2v) is 9.33. The maximum atomic E-state index is 14.0. The molecule has 3 aromatic rings. The number of likely N-dealkylation sites (tertiary alicyclic amines) is 1. The molecule has 2 fully saturated rings. The summed E-state index contributed by atoms with van der Waals surface area (Å²) in [5, 5.41) is 0. The molecule has 1 amide bonds. The Labute approximate surface area is 195 Å². The number of pyridine rings is 2. The molecule has 2 saturated heterocycles. The number of hydrogen-bond acceptors (Lipinski definition) is 5. The zero-order chi connectivity index (χ0) is 22.8. The predicted octanol–water partition coefficient (Wildman–Crippen LogP) is 3.49. The lowest BCUT2D eigenvalue weighted by molar-refractivity contribution is -0.173. The van der Waals surface area contributed by atoms with E-state index in [9.17, 15) is 4.79 Å². The van der Waals surface area contributed by atoms with Crippen molar-refractivity contribution in [1.29, 1.82) is 0 Å². The molecule has 4 heterocycles. The van der Waals surface area contributed by atoms with Crippen molar-refractivity contribution in [3.05, 3.63) is 95.1 Å². The molecule has 33 heavy (non-hydrogen) atoms. The largest absolute Gasteiger partial charge is 0.361 e. The lowest BCUT2D eigenvalue weighted by Crippen LogP contribution is -2.59. The van der Waals surface area contributed by atoms with Crippen LogP contribution in [0.4, 0.5) is 0 Å². The van der Waals surface area contributed by atoms with E-state index in [1.54, 1.807) is 12.4 Å². The first-order valence-corrected chi connectivity index (χ1v) is 11.6. The highest BCUT2D eigenvalue weighted by Crippen LogP contribution is 2.42. The highest BCUT2D eigenvalue weighted by Gasteiger charge is 2.56. The van der Waals surface area contributed by atoms with Crippen molar-refractivity contribution < 1.29 is 9.53 Å². The fourth-order valence-corrected chi connectivity index (χ4v) is 5.40. The Morgan fingerprint density at radius 1 is 1.00 bits per heavy atom. The zero-order valence-corrected chi connectivity index (χ0v) is 19.3. The number of amides is 1. The van der Waals surface area contributed by atoms with E-state index in [2.05, 4.69) is 53.0 Å². The SMILES string of the molecule is Cc1cc(C)cc(CN2CC(c3cccnc3)C3(C2)OCCN(Cc2cccnc2)C3=O)c1. The molecule has 2 aliphatic rings. The minimum absolute atomic E-state index is 0.0642. The van der Waals surface area contributed by atoms with Crippen molar-refractivity contribution in [2.45, 2.75) is 38.5 Å². The van der Waals surface area contributed by atoms with E-state index in [0.29, 0.717) is 26.2 Å². The number of benzene rings is 1. The first-order valence-electron chi connectivity index (χ1n) is 11.6. The van der Waals surface area contributed by atoms with Gasteiger partial charge >= 0.3 is 0 Å². The fraction of sp³-hybridized carbons (Fsp3) is 0.370. The minimum atomic E-state index is -0.900. The second-order valence-electron chi connectivity index (χ2n) is 9.33. The van der Waals surface area contributed by atoms with Crippen molar-refractivity contribution in [2.24, 2.45) is 0 Å². The normalized spacial score (nSPS) is 23.4. The molecule has 6 nitrogen and oxygen atoms in total. The average molecular weight is 443 g/mol. The Bertz CT molecular complexity index is 1100. The Balaban J connectivity index is 1.45. The highest BCUT2D eigenvalue weighted by atomic mass is 16.5. The van der Waals surface area contributed by atoms with Gasteiger partial charge in [0.1, 0.15) is 0 Å². The third-order valence-corrected chi connectivity index (χ3v) is 6.70. The van der Waals surface area contributed by atoms with Crippen LogP contribution in [0, 0.1) is 13.8 Å². The molecule has 170 valence electrons. The summed E-state index contributed by atoms with van der Waals surface area (Å²) in [7, 11) is 0. The molecule has 0 bridgehead atoms. The molecule has 2 unspecified atom stereocenters. The Hall–Kier alpha value is -3.09. The molecular weight excluding hydrogens is 412 g/mol. The number of carbonyl (C=O) groups is 1. The molecule has 1 aromatic carbocycles. The molecule has 0 aliphatic carbocycles. The first-order chi connectivity index (χ1) is 16.0. The first kappa shape index (κ1) is 21.7. The number of aryl methyl sites for hydroxylation is 2. The molecule has 0 saturated carbocycles. The summed E-state index contributed by atoms with van der Waals surface area (Å²) in [5.74, 6) is -0.00400. The monoisotopic (exact) mass is 442 g/mol. The van der Waals surface area contributed by atoms with Gasteiger partial charge in [0.2, 0.25) is 0 Å². The van der Waals surface area contributed by atoms with Gasteiger partial charge in [-0.3, -0.25) is 19.7 Å². The zero-order valence-electron chi connectivity index (χ0n) is 19.3. The van der Waals surface area contributed by atoms with Crippen LogP contribution in [0.25, 0.3) is 0 Å². The number of nitrogens with zero attached hydrogens (tertiary/aromatic N) is 4. The smallest absolute Gasteiger partial charge is 0.257 e. The van der Waals surface area contributed by atoms with Crippen LogP contribution in [0.2, 0.25) is 0 Å². The van der Waals surface area contributed by atoms with E-state index >= 15 is 0 Å². The fourth-order valence-electron chi connectivity index (χ4n) is 5.40. The lowest BCUT2D eigenvalue weighted by Gasteiger charge is -2.42. The topological polar surface area (TPSA) is 58.6 Å². The number of aromatic nitrogens is 2. The summed E-state index contributed by atoms with van der Waals surface area (Å²) in [6.07, 6.45) is 7.24. The maximum Gasteiger partial charge on any atom is 0.257 e. The predicted molar refractivity (Wildman–Crippen MR) is 127 cm³/mol. The average Bonchev–Trinajstić information content (AvgIpc) is 3.16. The highest BCUT2D eigenvalue weighted by molar-refractivity contribution is 5.88. The van der Waals surface area contributed by atoms with E-state index in [1.807, 2.05) is 35.5 Å². The molecule has 6 heteroatoms. The van der Waals surface area contributed by atoms with E-state index in [0.717, 1.165) is 24.2 Å². The van der Waals surface area contributed by atoms with Crippen molar-refractivity contribution in [1.82, 2.24) is 19.8 Å². The molecule has 2 atom stereocenters.